The van der Waals surface area contributed by atoms with E-state index in [1.165, 1.54) is 0 Å². The number of nitrogens with two attached hydrogens (primary N) is 1. The number of para-hydroxylation sites is 1. The van der Waals surface area contributed by atoms with Gasteiger partial charge >= 0.3 is 5.97 Å². The average Bonchev–Trinajstić information content (AvgIpc) is 3.23. The number of rotatable bonds is 9. The van der Waals surface area contributed by atoms with Gasteiger partial charge in [-0.05, 0) is 37.6 Å². The molecule has 0 bridgehead atoms. The van der Waals surface area contributed by atoms with E-state index in [0.717, 1.165) is 27.9 Å². The average molecular weight is 506 g/mol. The van der Waals surface area contributed by atoms with Crippen LogP contribution in [0.4, 0.5) is 0 Å². The van der Waals surface area contributed by atoms with Crippen molar-refractivity contribution in [2.75, 3.05) is 13.7 Å². The number of carbonyl (C=O) groups excluding carboxylic acids is 1. The minimum atomic E-state index is -0.323. The quantitative estimate of drug-likeness (QED) is 0.258. The summed E-state index contributed by atoms with van der Waals surface area (Å²) in [5, 5.41) is 11.5. The summed E-state index contributed by atoms with van der Waals surface area (Å²) < 4.78 is 22.6. The molecule has 0 atom stereocenters. The van der Waals surface area contributed by atoms with Gasteiger partial charge in [-0.25, -0.2) is 0 Å². The number of aryl methyl sites for hydroxylation is 1. The van der Waals surface area contributed by atoms with E-state index in [2.05, 4.69) is 0 Å². The topological polar surface area (TPSA) is 104 Å². The van der Waals surface area contributed by atoms with Gasteiger partial charge in [-0.1, -0.05) is 44.2 Å². The molecular weight excluding hydrogens is 470 g/mol. The van der Waals surface area contributed by atoms with Gasteiger partial charge in [0.25, 0.3) is 0 Å². The van der Waals surface area contributed by atoms with Crippen LogP contribution < -0.4 is 15.2 Å². The smallest absolute Gasteiger partial charge is 0.310 e. The molecule has 0 fully saturated rings. The summed E-state index contributed by atoms with van der Waals surface area (Å²) in [5.41, 5.74) is 10.3. The molecular formula is C30H35NO6. The van der Waals surface area contributed by atoms with Gasteiger partial charge in [-0.3, -0.25) is 4.79 Å². The first-order valence-corrected chi connectivity index (χ1v) is 12.4. The van der Waals surface area contributed by atoms with E-state index >= 15 is 0 Å². The number of furan rings is 1. The van der Waals surface area contributed by atoms with E-state index in [-0.39, 0.29) is 31.3 Å². The third kappa shape index (κ3) is 6.24. The van der Waals surface area contributed by atoms with E-state index in [4.69, 9.17) is 24.4 Å². The van der Waals surface area contributed by atoms with E-state index in [1.807, 2.05) is 51.1 Å². The highest BCUT2D eigenvalue weighted by atomic mass is 16.5. The minimum Gasteiger partial charge on any atom is -0.507 e. The third-order valence-electron chi connectivity index (χ3n) is 5.93. The van der Waals surface area contributed by atoms with Crippen LogP contribution in [0.25, 0.3) is 22.1 Å². The number of aromatic hydroxyl groups is 1. The monoisotopic (exact) mass is 505 g/mol. The molecule has 4 rings (SSSR count). The second kappa shape index (κ2) is 12.8. The van der Waals surface area contributed by atoms with Crippen LogP contribution in [0, 0.1) is 6.92 Å². The fourth-order valence-electron chi connectivity index (χ4n) is 4.07. The molecule has 3 N–H and O–H groups in total. The van der Waals surface area contributed by atoms with E-state index in [0.29, 0.717) is 34.8 Å². The molecule has 37 heavy (non-hydrogen) atoms. The molecule has 1 aromatic heterocycles. The molecule has 0 saturated heterocycles. The second-order valence-corrected chi connectivity index (χ2v) is 8.11. The maximum atomic E-state index is 12.1. The van der Waals surface area contributed by atoms with Crippen molar-refractivity contribution in [3.05, 3.63) is 77.0 Å². The molecule has 3 aromatic carbocycles. The number of hydrogen-bond acceptors (Lipinski definition) is 7. The largest absolute Gasteiger partial charge is 0.507 e. The summed E-state index contributed by atoms with van der Waals surface area (Å²) in [6.45, 7) is 8.45. The Morgan fingerprint density at radius 2 is 1.84 bits per heavy atom. The van der Waals surface area contributed by atoms with Crippen LogP contribution in [-0.2, 0) is 29.1 Å². The Balaban J connectivity index is 0.00000186. The van der Waals surface area contributed by atoms with Crippen molar-refractivity contribution >= 4 is 16.9 Å². The maximum absolute atomic E-state index is 12.1. The van der Waals surface area contributed by atoms with Gasteiger partial charge in [0.05, 0.1) is 20.1 Å². The number of hydrogen-bond donors (Lipinski definition) is 2. The number of phenols is 1. The van der Waals surface area contributed by atoms with Gasteiger partial charge in [0.2, 0.25) is 0 Å². The Morgan fingerprint density at radius 3 is 2.54 bits per heavy atom. The molecule has 7 nitrogen and oxygen atoms in total. The Hall–Kier alpha value is -3.97. The Kier molecular flexibility index (Phi) is 9.57. The Labute approximate surface area is 217 Å². The highest BCUT2D eigenvalue weighted by molar-refractivity contribution is 5.88. The fraction of sp³-hybridized carbons (Fsp3) is 0.300. The summed E-state index contributed by atoms with van der Waals surface area (Å²) in [4.78, 5) is 12.1. The van der Waals surface area contributed by atoms with Crippen molar-refractivity contribution in [2.24, 2.45) is 5.73 Å². The maximum Gasteiger partial charge on any atom is 0.310 e. The predicted octanol–water partition coefficient (Wildman–Crippen LogP) is 6.29. The van der Waals surface area contributed by atoms with Crippen molar-refractivity contribution in [2.45, 2.75) is 47.3 Å². The van der Waals surface area contributed by atoms with Crippen LogP contribution in [0.3, 0.4) is 0 Å². The lowest BCUT2D eigenvalue weighted by atomic mass is 9.99. The standard InChI is InChI=1S/C28H29NO6.C2H6/c1-4-33-27(30)13-19-8-10-21(32-3)14-26(19)34-16-24-17(2)35-25-11-9-18(12-23(24)25)22-7-5-6-20(15-29)28(22)31;1-2/h5-12,14,31H,4,13,15-16,29H2,1-3H3;1-2H3. The zero-order chi connectivity index (χ0) is 26.9. The lowest BCUT2D eigenvalue weighted by Gasteiger charge is -2.13. The van der Waals surface area contributed by atoms with Gasteiger partial charge in [-0.2, -0.15) is 0 Å². The highest BCUT2D eigenvalue weighted by Crippen LogP contribution is 2.36. The highest BCUT2D eigenvalue weighted by Gasteiger charge is 2.17. The van der Waals surface area contributed by atoms with Crippen LogP contribution in [0.5, 0.6) is 17.2 Å². The summed E-state index contributed by atoms with van der Waals surface area (Å²) in [7, 11) is 1.58. The van der Waals surface area contributed by atoms with Crippen LogP contribution in [-0.4, -0.2) is 24.8 Å². The number of ether oxygens (including phenoxy) is 3. The van der Waals surface area contributed by atoms with Crippen LogP contribution in [0.1, 0.15) is 43.2 Å². The number of fused-ring (bicyclic) bond motifs is 1. The molecule has 0 aliphatic rings. The van der Waals surface area contributed by atoms with Gasteiger partial charge in [-0.15, -0.1) is 0 Å². The van der Waals surface area contributed by atoms with Crippen molar-refractivity contribution < 1.29 is 28.5 Å². The zero-order valence-corrected chi connectivity index (χ0v) is 22.1. The van der Waals surface area contributed by atoms with Gasteiger partial charge < -0.3 is 29.5 Å². The second-order valence-electron chi connectivity index (χ2n) is 8.11. The van der Waals surface area contributed by atoms with Crippen molar-refractivity contribution in [3.8, 4) is 28.4 Å². The van der Waals surface area contributed by atoms with Crippen LogP contribution in [0.2, 0.25) is 0 Å². The van der Waals surface area contributed by atoms with Crippen molar-refractivity contribution in [1.82, 2.24) is 0 Å². The van der Waals surface area contributed by atoms with Gasteiger partial charge in [0.1, 0.15) is 35.2 Å². The number of carbonyl (C=O) groups is 1. The Morgan fingerprint density at radius 1 is 1.05 bits per heavy atom. The number of phenolic OH excluding ortho intramolecular Hbond substituents is 1. The normalized spacial score (nSPS) is 10.5. The van der Waals surface area contributed by atoms with Gasteiger partial charge in [0.15, 0.2) is 0 Å². The molecule has 1 heterocycles. The van der Waals surface area contributed by atoms with Crippen LogP contribution >= 0.6 is 0 Å². The van der Waals surface area contributed by atoms with Crippen molar-refractivity contribution in [3.63, 3.8) is 0 Å². The number of methoxy groups -OCH3 is 1. The third-order valence-corrected chi connectivity index (χ3v) is 5.93. The minimum absolute atomic E-state index is 0.0964. The summed E-state index contributed by atoms with van der Waals surface area (Å²) in [6.07, 6.45) is 0.0964. The lowest BCUT2D eigenvalue weighted by molar-refractivity contribution is -0.142. The number of benzene rings is 3. The molecule has 0 aliphatic carbocycles. The summed E-state index contributed by atoms with van der Waals surface area (Å²) in [5.74, 6) is 1.74. The molecule has 0 radical (unpaired) electrons. The van der Waals surface area contributed by atoms with Crippen molar-refractivity contribution in [1.29, 1.82) is 0 Å². The molecule has 196 valence electrons. The summed E-state index contributed by atoms with van der Waals surface area (Å²) in [6, 6.07) is 16.7. The summed E-state index contributed by atoms with van der Waals surface area (Å²) >= 11 is 0. The molecule has 0 unspecified atom stereocenters. The first-order chi connectivity index (χ1) is 17.9. The number of esters is 1. The SMILES string of the molecule is CC.CCOC(=O)Cc1ccc(OC)cc1OCc1c(C)oc2ccc(-c3cccc(CN)c3O)cc12. The van der Waals surface area contributed by atoms with E-state index < -0.39 is 0 Å². The molecule has 4 aromatic rings. The molecule has 0 spiro atoms. The zero-order valence-electron chi connectivity index (χ0n) is 22.1. The molecule has 0 amide bonds. The first-order valence-electron chi connectivity index (χ1n) is 12.4. The predicted molar refractivity (Wildman–Crippen MR) is 145 cm³/mol. The van der Waals surface area contributed by atoms with E-state index in [9.17, 15) is 9.90 Å². The Bertz CT molecular complexity index is 1360. The first kappa shape index (κ1) is 27.6. The van der Waals surface area contributed by atoms with E-state index in [1.54, 1.807) is 38.3 Å². The van der Waals surface area contributed by atoms with Gasteiger partial charge in [0, 0.05) is 40.3 Å². The molecule has 7 heteroatoms. The van der Waals surface area contributed by atoms with Crippen LogP contribution in [0.15, 0.2) is 59.0 Å². The lowest BCUT2D eigenvalue weighted by Crippen LogP contribution is -2.09. The fourth-order valence-corrected chi connectivity index (χ4v) is 4.07. The molecule has 0 aliphatic heterocycles. The molecule has 0 saturated carbocycles.